The monoisotopic (exact) mass is 320 g/mol. The fraction of sp³-hybridized carbons (Fsp3) is 0.938. The highest BCUT2D eigenvalue weighted by Crippen LogP contribution is 2.28. The molecule has 1 aliphatic carbocycles. The smallest absolute Gasteiger partial charge is 0.407 e. The van der Waals surface area contributed by atoms with Gasteiger partial charge >= 0.3 is 6.09 Å². The molecule has 1 rings (SSSR count). The summed E-state index contributed by atoms with van der Waals surface area (Å²) in [6, 6.07) is 0.131. The maximum absolute atomic E-state index is 13.8. The molecule has 1 amide bonds. The number of alkyl halides is 2. The molecule has 0 aromatic rings. The lowest BCUT2D eigenvalue weighted by molar-refractivity contribution is -0.00756. The van der Waals surface area contributed by atoms with Crippen molar-refractivity contribution in [2.45, 2.75) is 71.4 Å². The third kappa shape index (κ3) is 7.92. The second-order valence-electron chi connectivity index (χ2n) is 7.71. The number of carbonyl (C=O) groups excluding carboxylic acids is 1. The number of amides is 1. The Morgan fingerprint density at radius 2 is 1.64 bits per heavy atom. The minimum atomic E-state index is -2.99. The molecule has 0 aliphatic heterocycles. The van der Waals surface area contributed by atoms with E-state index in [4.69, 9.17) is 4.74 Å². The quantitative estimate of drug-likeness (QED) is 0.814. The van der Waals surface area contributed by atoms with E-state index in [9.17, 15) is 13.6 Å². The number of hydrogen-bond donors (Lipinski definition) is 2. The van der Waals surface area contributed by atoms with Crippen LogP contribution >= 0.6 is 0 Å². The summed E-state index contributed by atoms with van der Waals surface area (Å²) in [4.78, 5) is 11.4. The van der Waals surface area contributed by atoms with Gasteiger partial charge in [-0.2, -0.15) is 0 Å². The van der Waals surface area contributed by atoms with Crippen LogP contribution in [0.3, 0.4) is 0 Å². The Kier molecular flexibility index (Phi) is 6.59. The summed E-state index contributed by atoms with van der Waals surface area (Å²) < 4.78 is 32.6. The summed E-state index contributed by atoms with van der Waals surface area (Å²) in [7, 11) is 0. The van der Waals surface area contributed by atoms with Gasteiger partial charge in [-0.15, -0.1) is 0 Å². The normalized spacial score (nSPS) is 26.6. The molecule has 0 radical (unpaired) electrons. The van der Waals surface area contributed by atoms with E-state index in [-0.39, 0.29) is 6.04 Å². The van der Waals surface area contributed by atoms with E-state index in [0.717, 1.165) is 19.3 Å². The minimum Gasteiger partial charge on any atom is -0.444 e. The van der Waals surface area contributed by atoms with E-state index >= 15 is 0 Å². The molecule has 2 unspecified atom stereocenters. The highest BCUT2D eigenvalue weighted by molar-refractivity contribution is 5.67. The Hall–Kier alpha value is -0.910. The molecule has 130 valence electrons. The van der Waals surface area contributed by atoms with Gasteiger partial charge in [0.05, 0.1) is 13.1 Å². The van der Waals surface area contributed by atoms with E-state index in [0.29, 0.717) is 11.8 Å². The molecular formula is C16H30F2N2O2. The molecule has 6 heteroatoms. The molecule has 4 nitrogen and oxygen atoms in total. The van der Waals surface area contributed by atoms with Gasteiger partial charge in [-0.3, -0.25) is 0 Å². The number of hydrogen-bond acceptors (Lipinski definition) is 3. The number of nitrogens with one attached hydrogen (secondary N) is 2. The number of ether oxygens (including phenoxy) is 1. The Morgan fingerprint density at radius 1 is 1.09 bits per heavy atom. The molecule has 2 N–H and O–H groups in total. The van der Waals surface area contributed by atoms with Crippen molar-refractivity contribution in [2.75, 3.05) is 13.1 Å². The highest BCUT2D eigenvalue weighted by atomic mass is 19.3. The van der Waals surface area contributed by atoms with Gasteiger partial charge < -0.3 is 15.4 Å². The second-order valence-corrected chi connectivity index (χ2v) is 7.71. The highest BCUT2D eigenvalue weighted by Gasteiger charge is 2.32. The largest absolute Gasteiger partial charge is 0.444 e. The molecule has 1 saturated carbocycles. The van der Waals surface area contributed by atoms with E-state index in [1.54, 1.807) is 20.8 Å². The Balaban J connectivity index is 2.32. The Morgan fingerprint density at radius 3 is 2.14 bits per heavy atom. The summed E-state index contributed by atoms with van der Waals surface area (Å²) in [6.45, 7) is 8.26. The maximum atomic E-state index is 13.8. The van der Waals surface area contributed by atoms with Crippen molar-refractivity contribution >= 4 is 6.09 Å². The fourth-order valence-corrected chi connectivity index (χ4v) is 2.99. The van der Waals surface area contributed by atoms with Crippen LogP contribution in [0.2, 0.25) is 0 Å². The van der Waals surface area contributed by atoms with Crippen LogP contribution in [0.5, 0.6) is 0 Å². The van der Waals surface area contributed by atoms with Gasteiger partial charge in [-0.25, -0.2) is 13.6 Å². The van der Waals surface area contributed by atoms with Crippen LogP contribution in [0.1, 0.15) is 53.9 Å². The molecule has 1 fully saturated rings. The average Bonchev–Trinajstić information content (AvgIpc) is 2.31. The van der Waals surface area contributed by atoms with Gasteiger partial charge in [0.2, 0.25) is 0 Å². The van der Waals surface area contributed by atoms with Crippen molar-refractivity contribution in [3.63, 3.8) is 0 Å². The SMILES string of the molecule is CC1CC(C)CC(NCC(F)(F)CNC(=O)OC(C)(C)C)C1. The van der Waals surface area contributed by atoms with Crippen LogP contribution < -0.4 is 10.6 Å². The topological polar surface area (TPSA) is 50.4 Å². The van der Waals surface area contributed by atoms with E-state index in [2.05, 4.69) is 24.5 Å². The van der Waals surface area contributed by atoms with Gasteiger partial charge in [0.15, 0.2) is 0 Å². The number of rotatable bonds is 5. The van der Waals surface area contributed by atoms with Crippen molar-refractivity contribution in [3.8, 4) is 0 Å². The summed E-state index contributed by atoms with van der Waals surface area (Å²) in [6.07, 6.45) is 2.21. The summed E-state index contributed by atoms with van der Waals surface area (Å²) in [5, 5.41) is 5.09. The van der Waals surface area contributed by atoms with Gasteiger partial charge in [0.1, 0.15) is 5.60 Å². The van der Waals surface area contributed by atoms with Crippen molar-refractivity contribution in [1.82, 2.24) is 10.6 Å². The summed E-state index contributed by atoms with van der Waals surface area (Å²) >= 11 is 0. The summed E-state index contributed by atoms with van der Waals surface area (Å²) in [5.74, 6) is -1.86. The molecule has 2 atom stereocenters. The first-order valence-corrected chi connectivity index (χ1v) is 8.05. The first-order valence-electron chi connectivity index (χ1n) is 8.05. The molecule has 0 aromatic heterocycles. The Labute approximate surface area is 132 Å². The number of halogens is 2. The van der Waals surface area contributed by atoms with Crippen molar-refractivity contribution < 1.29 is 18.3 Å². The van der Waals surface area contributed by atoms with Crippen LogP contribution in [0.4, 0.5) is 13.6 Å². The summed E-state index contributed by atoms with van der Waals surface area (Å²) in [5.41, 5.74) is -0.688. The maximum Gasteiger partial charge on any atom is 0.407 e. The van der Waals surface area contributed by atoms with Crippen molar-refractivity contribution in [3.05, 3.63) is 0 Å². The predicted molar refractivity (Wildman–Crippen MR) is 83.2 cm³/mol. The first kappa shape index (κ1) is 19.1. The number of carbonyl (C=O) groups is 1. The molecule has 0 bridgehead atoms. The first-order chi connectivity index (χ1) is 9.97. The molecular weight excluding hydrogens is 290 g/mol. The van der Waals surface area contributed by atoms with E-state index in [1.165, 1.54) is 0 Å². The van der Waals surface area contributed by atoms with E-state index < -0.39 is 30.7 Å². The molecule has 22 heavy (non-hydrogen) atoms. The van der Waals surface area contributed by atoms with Crippen molar-refractivity contribution in [1.29, 1.82) is 0 Å². The van der Waals surface area contributed by atoms with Gasteiger partial charge in [0.25, 0.3) is 5.92 Å². The zero-order chi connectivity index (χ0) is 17.0. The zero-order valence-electron chi connectivity index (χ0n) is 14.3. The third-order valence-corrected chi connectivity index (χ3v) is 3.72. The Bertz CT molecular complexity index is 360. The lowest BCUT2D eigenvalue weighted by Gasteiger charge is -2.33. The van der Waals surface area contributed by atoms with Crippen LogP contribution in [-0.2, 0) is 4.74 Å². The van der Waals surface area contributed by atoms with Crippen LogP contribution in [0.25, 0.3) is 0 Å². The molecule has 0 heterocycles. The van der Waals surface area contributed by atoms with Gasteiger partial charge in [-0.1, -0.05) is 13.8 Å². The van der Waals surface area contributed by atoms with Gasteiger partial charge in [0, 0.05) is 6.04 Å². The second kappa shape index (κ2) is 7.57. The third-order valence-electron chi connectivity index (χ3n) is 3.72. The lowest BCUT2D eigenvalue weighted by atomic mass is 9.80. The van der Waals surface area contributed by atoms with Gasteiger partial charge in [-0.05, 0) is 51.9 Å². The minimum absolute atomic E-state index is 0.131. The average molecular weight is 320 g/mol. The molecule has 1 aliphatic rings. The zero-order valence-corrected chi connectivity index (χ0v) is 14.3. The van der Waals surface area contributed by atoms with Crippen LogP contribution in [-0.4, -0.2) is 36.7 Å². The predicted octanol–water partition coefficient (Wildman–Crippen LogP) is 3.56. The van der Waals surface area contributed by atoms with Crippen LogP contribution in [0.15, 0.2) is 0 Å². The molecule has 0 spiro atoms. The number of alkyl carbamates (subject to hydrolysis) is 1. The standard InChI is InChI=1S/C16H30F2N2O2/c1-11-6-12(2)8-13(7-11)19-9-16(17,18)10-20-14(21)22-15(3,4)5/h11-13,19H,6-10H2,1-5H3,(H,20,21). The van der Waals surface area contributed by atoms with Crippen LogP contribution in [0, 0.1) is 11.8 Å². The molecule has 0 aromatic carbocycles. The molecule has 0 saturated heterocycles. The fourth-order valence-electron chi connectivity index (χ4n) is 2.99. The lowest BCUT2D eigenvalue weighted by Crippen LogP contribution is -2.48. The van der Waals surface area contributed by atoms with E-state index in [1.807, 2.05) is 0 Å². The van der Waals surface area contributed by atoms with Crippen molar-refractivity contribution in [2.24, 2.45) is 11.8 Å².